The van der Waals surface area contributed by atoms with Gasteiger partial charge in [0, 0.05) is 17.5 Å². The molecule has 0 spiro atoms. The Morgan fingerprint density at radius 3 is 2.73 bits per heavy atom. The van der Waals surface area contributed by atoms with Crippen molar-refractivity contribution < 1.29 is 0 Å². The first kappa shape index (κ1) is 11.1. The lowest BCUT2D eigenvalue weighted by molar-refractivity contribution is 0.879. The molecule has 2 heteroatoms. The van der Waals surface area contributed by atoms with Gasteiger partial charge < -0.3 is 5.32 Å². The highest BCUT2D eigenvalue weighted by molar-refractivity contribution is 8.00. The second kappa shape index (κ2) is 6.74. The molecule has 1 N–H and O–H groups in total. The molecule has 0 rings (SSSR count). The van der Waals surface area contributed by atoms with E-state index in [1.54, 1.807) is 0 Å². The van der Waals surface area contributed by atoms with Crippen molar-refractivity contribution in [1.82, 2.24) is 5.32 Å². The molecule has 11 heavy (non-hydrogen) atoms. The van der Waals surface area contributed by atoms with Gasteiger partial charge in [-0.05, 0) is 13.5 Å². The van der Waals surface area contributed by atoms with Crippen LogP contribution < -0.4 is 5.32 Å². The van der Waals surface area contributed by atoms with Crippen LogP contribution in [0.5, 0.6) is 0 Å². The minimum absolute atomic E-state index is 0.767. The molecular formula is C9H19NS. The van der Waals surface area contributed by atoms with Crippen molar-refractivity contribution in [3.8, 4) is 0 Å². The Bertz CT molecular complexity index is 112. The zero-order valence-corrected chi connectivity index (χ0v) is 8.63. The molecular weight excluding hydrogens is 154 g/mol. The third kappa shape index (κ3) is 6.45. The Balaban J connectivity index is 3.30. The van der Waals surface area contributed by atoms with Crippen LogP contribution in [0.1, 0.15) is 20.3 Å². The van der Waals surface area contributed by atoms with E-state index in [2.05, 4.69) is 25.7 Å². The monoisotopic (exact) mass is 173 g/mol. The molecule has 0 aliphatic rings. The van der Waals surface area contributed by atoms with Crippen LogP contribution in [0, 0.1) is 0 Å². The first-order valence-electron chi connectivity index (χ1n) is 4.13. The molecule has 0 aromatic heterocycles. The van der Waals surface area contributed by atoms with E-state index in [1.807, 2.05) is 18.8 Å². The predicted molar refractivity (Wildman–Crippen MR) is 55.3 cm³/mol. The summed E-state index contributed by atoms with van der Waals surface area (Å²) in [5.41, 5.74) is 1.29. The topological polar surface area (TPSA) is 12.0 Å². The van der Waals surface area contributed by atoms with Gasteiger partial charge in [0.1, 0.15) is 0 Å². The lowest BCUT2D eigenvalue weighted by Crippen LogP contribution is -2.11. The number of hydrogen-bond acceptors (Lipinski definition) is 2. The second-order valence-corrected chi connectivity index (χ2v) is 4.24. The molecule has 1 atom stereocenters. The average Bonchev–Trinajstić information content (AvgIpc) is 2.01. The molecule has 0 aromatic rings. The fraction of sp³-hybridized carbons (Fsp3) is 0.778. The van der Waals surface area contributed by atoms with Crippen molar-refractivity contribution in [3.63, 3.8) is 0 Å². The van der Waals surface area contributed by atoms with Crippen molar-refractivity contribution in [2.45, 2.75) is 25.5 Å². The van der Waals surface area contributed by atoms with Gasteiger partial charge in [-0.1, -0.05) is 26.0 Å². The van der Waals surface area contributed by atoms with Crippen LogP contribution >= 0.6 is 11.8 Å². The lowest BCUT2D eigenvalue weighted by atomic mass is 10.3. The van der Waals surface area contributed by atoms with Gasteiger partial charge in [-0.25, -0.2) is 0 Å². The first-order chi connectivity index (χ1) is 5.20. The maximum Gasteiger partial charge on any atom is 0.0167 e. The fourth-order valence-corrected chi connectivity index (χ4v) is 1.54. The van der Waals surface area contributed by atoms with E-state index in [-0.39, 0.29) is 0 Å². The van der Waals surface area contributed by atoms with Gasteiger partial charge in [-0.2, -0.15) is 11.8 Å². The molecule has 0 amide bonds. The summed E-state index contributed by atoms with van der Waals surface area (Å²) in [6, 6.07) is 0. The van der Waals surface area contributed by atoms with Gasteiger partial charge in [0.05, 0.1) is 0 Å². The maximum absolute atomic E-state index is 3.97. The Morgan fingerprint density at radius 2 is 2.27 bits per heavy atom. The van der Waals surface area contributed by atoms with Gasteiger partial charge in [0.2, 0.25) is 0 Å². The molecule has 0 aliphatic heterocycles. The van der Waals surface area contributed by atoms with Gasteiger partial charge in [-0.15, -0.1) is 0 Å². The fourth-order valence-electron chi connectivity index (χ4n) is 0.679. The van der Waals surface area contributed by atoms with Crippen molar-refractivity contribution in [3.05, 3.63) is 12.2 Å². The second-order valence-electron chi connectivity index (χ2n) is 2.81. The number of thioether (sulfide) groups is 1. The number of hydrogen-bond donors (Lipinski definition) is 1. The van der Waals surface area contributed by atoms with E-state index in [0.29, 0.717) is 0 Å². The van der Waals surface area contributed by atoms with Gasteiger partial charge in [0.25, 0.3) is 0 Å². The summed E-state index contributed by atoms with van der Waals surface area (Å²) in [4.78, 5) is 0. The van der Waals surface area contributed by atoms with Crippen molar-refractivity contribution in [2.75, 3.05) is 19.3 Å². The Hall–Kier alpha value is 0.0500. The van der Waals surface area contributed by atoms with Crippen LogP contribution in [-0.2, 0) is 0 Å². The third-order valence-electron chi connectivity index (χ3n) is 1.57. The Morgan fingerprint density at radius 1 is 1.64 bits per heavy atom. The zero-order valence-electron chi connectivity index (χ0n) is 7.81. The smallest absolute Gasteiger partial charge is 0.0167 e. The minimum atomic E-state index is 0.767. The molecule has 0 bridgehead atoms. The number of likely N-dealkylation sites (N-methyl/N-ethyl adjacent to an activating group) is 1. The van der Waals surface area contributed by atoms with Crippen LogP contribution in [-0.4, -0.2) is 24.6 Å². The molecule has 0 aliphatic carbocycles. The summed E-state index contributed by atoms with van der Waals surface area (Å²) < 4.78 is 0. The first-order valence-corrected chi connectivity index (χ1v) is 5.18. The summed E-state index contributed by atoms with van der Waals surface area (Å²) in [6.07, 6.45) is 1.25. The average molecular weight is 173 g/mol. The molecule has 0 fully saturated rings. The van der Waals surface area contributed by atoms with E-state index in [1.165, 1.54) is 12.0 Å². The van der Waals surface area contributed by atoms with Crippen LogP contribution in [0.25, 0.3) is 0 Å². The summed E-state index contributed by atoms with van der Waals surface area (Å²) >= 11 is 1.98. The highest BCUT2D eigenvalue weighted by Gasteiger charge is 1.99. The van der Waals surface area contributed by atoms with Gasteiger partial charge >= 0.3 is 0 Å². The summed E-state index contributed by atoms with van der Waals surface area (Å²) in [5.74, 6) is 1.09. The zero-order chi connectivity index (χ0) is 8.69. The van der Waals surface area contributed by atoms with Crippen molar-refractivity contribution in [2.24, 2.45) is 0 Å². The standard InChI is InChI=1S/C9H19NS/c1-5-9(3)11-7-8(2)6-10-4/h9-10H,2,5-7H2,1,3-4H3. The van der Waals surface area contributed by atoms with Crippen LogP contribution in [0.15, 0.2) is 12.2 Å². The summed E-state index contributed by atoms with van der Waals surface area (Å²) in [7, 11) is 1.96. The lowest BCUT2D eigenvalue weighted by Gasteiger charge is -2.09. The van der Waals surface area contributed by atoms with Crippen LogP contribution in [0.3, 0.4) is 0 Å². The number of nitrogens with one attached hydrogen (secondary N) is 1. The molecule has 1 nitrogen and oxygen atoms in total. The summed E-state index contributed by atoms with van der Waals surface area (Å²) in [6.45, 7) is 9.40. The molecule has 0 saturated carbocycles. The predicted octanol–water partition coefficient (Wildman–Crippen LogP) is 2.29. The summed E-state index contributed by atoms with van der Waals surface area (Å²) in [5, 5.41) is 3.86. The quantitative estimate of drug-likeness (QED) is 0.619. The largest absolute Gasteiger partial charge is 0.316 e. The number of rotatable bonds is 6. The Labute approximate surface area is 74.6 Å². The van der Waals surface area contributed by atoms with E-state index in [4.69, 9.17) is 0 Å². The Kier molecular flexibility index (Phi) is 6.77. The molecule has 1 unspecified atom stereocenters. The molecule has 0 aromatic carbocycles. The van der Waals surface area contributed by atoms with E-state index >= 15 is 0 Å². The SMILES string of the molecule is C=C(CNC)CSC(C)CC. The highest BCUT2D eigenvalue weighted by Crippen LogP contribution is 2.15. The van der Waals surface area contributed by atoms with Crippen molar-refractivity contribution in [1.29, 1.82) is 0 Å². The van der Waals surface area contributed by atoms with E-state index in [0.717, 1.165) is 17.5 Å². The van der Waals surface area contributed by atoms with Crippen LogP contribution in [0.2, 0.25) is 0 Å². The molecule has 66 valence electrons. The molecule has 0 radical (unpaired) electrons. The normalized spacial score (nSPS) is 13.0. The van der Waals surface area contributed by atoms with Crippen LogP contribution in [0.4, 0.5) is 0 Å². The van der Waals surface area contributed by atoms with E-state index in [9.17, 15) is 0 Å². The van der Waals surface area contributed by atoms with E-state index < -0.39 is 0 Å². The third-order valence-corrected chi connectivity index (χ3v) is 3.05. The maximum atomic E-state index is 3.97. The highest BCUT2D eigenvalue weighted by atomic mass is 32.2. The molecule has 0 saturated heterocycles. The van der Waals surface area contributed by atoms with Crippen molar-refractivity contribution >= 4 is 11.8 Å². The van der Waals surface area contributed by atoms with Gasteiger partial charge in [-0.3, -0.25) is 0 Å². The molecule has 0 heterocycles. The van der Waals surface area contributed by atoms with Gasteiger partial charge in [0.15, 0.2) is 0 Å². The minimum Gasteiger partial charge on any atom is -0.316 e.